The second kappa shape index (κ2) is 9.77. The summed E-state index contributed by atoms with van der Waals surface area (Å²) in [4.78, 5) is 48.0. The number of aromatic nitrogens is 2. The smallest absolute Gasteiger partial charge is 0.352 e. The van der Waals surface area contributed by atoms with Gasteiger partial charge in [-0.3, -0.25) is 14.5 Å². The molecule has 11 nitrogen and oxygen atoms in total. The summed E-state index contributed by atoms with van der Waals surface area (Å²) in [5.74, 6) is -1.54. The summed E-state index contributed by atoms with van der Waals surface area (Å²) in [5, 5.41) is 23.5. The molecule has 1 saturated heterocycles. The number of hydrogen-bond acceptors (Lipinski definition) is 13. The van der Waals surface area contributed by atoms with E-state index in [2.05, 4.69) is 19.8 Å². The summed E-state index contributed by atoms with van der Waals surface area (Å²) in [6.07, 6.45) is 0. The molecule has 3 aromatic rings. The molecule has 0 aromatic carbocycles. The first-order valence-corrected chi connectivity index (χ1v) is 14.5. The van der Waals surface area contributed by atoms with Crippen LogP contribution in [0.15, 0.2) is 37.6 Å². The highest BCUT2D eigenvalue weighted by atomic mass is 32.2. The second-order valence-electron chi connectivity index (χ2n) is 7.24. The summed E-state index contributed by atoms with van der Waals surface area (Å²) in [7, 11) is 1.29. The van der Waals surface area contributed by atoms with Gasteiger partial charge in [0.2, 0.25) is 0 Å². The number of fused-ring (bicyclic) bond motifs is 2. The summed E-state index contributed by atoms with van der Waals surface area (Å²) >= 11 is 6.99. The van der Waals surface area contributed by atoms with Crippen LogP contribution < -0.4 is 11.1 Å². The van der Waals surface area contributed by atoms with Crippen molar-refractivity contribution in [1.82, 2.24) is 19.6 Å². The lowest BCUT2D eigenvalue weighted by molar-refractivity contribution is -0.150. The Hall–Kier alpha value is -2.66. The summed E-state index contributed by atoms with van der Waals surface area (Å²) in [6, 6.07) is -0.905. The molecule has 0 spiro atoms. The Labute approximate surface area is 218 Å². The highest BCUT2D eigenvalue weighted by Crippen LogP contribution is 2.42. The zero-order valence-electron chi connectivity index (χ0n) is 17.8. The Morgan fingerprint density at radius 1 is 1.40 bits per heavy atom. The number of nitrogen functional groups attached to an aromatic ring is 1. The van der Waals surface area contributed by atoms with Gasteiger partial charge in [-0.2, -0.15) is 15.7 Å². The first-order valence-electron chi connectivity index (χ1n) is 9.86. The quantitative estimate of drug-likeness (QED) is 0.159. The maximum Gasteiger partial charge on any atom is 0.352 e. The van der Waals surface area contributed by atoms with E-state index >= 15 is 0 Å². The molecule has 0 saturated carbocycles. The first-order chi connectivity index (χ1) is 16.9. The van der Waals surface area contributed by atoms with Crippen LogP contribution in [0.5, 0.6) is 0 Å². The van der Waals surface area contributed by atoms with Crippen LogP contribution in [0.4, 0.5) is 5.13 Å². The third-order valence-corrected chi connectivity index (χ3v) is 10.1. The maximum atomic E-state index is 13.0. The van der Waals surface area contributed by atoms with Gasteiger partial charge in [-0.05, 0) is 17.1 Å². The van der Waals surface area contributed by atoms with Gasteiger partial charge < -0.3 is 21.0 Å². The molecule has 4 N–H and O–H groups in total. The SMILES string of the molecule is CON=C(C(=O)N[C@@H]1C(=O)N2C(C(=O)O)=C(CSc3nsc4cscc34)CS[C@H]12)c1csc(N)n1. The molecule has 1 fully saturated rings. The van der Waals surface area contributed by atoms with Gasteiger partial charge in [0.25, 0.3) is 11.8 Å². The van der Waals surface area contributed by atoms with Gasteiger partial charge in [0, 0.05) is 33.0 Å². The van der Waals surface area contributed by atoms with Crippen LogP contribution in [0.2, 0.25) is 0 Å². The van der Waals surface area contributed by atoms with Gasteiger partial charge in [0.05, 0.1) is 4.70 Å². The molecular formula is C19H16N6O5S5. The molecule has 0 bridgehead atoms. The minimum absolute atomic E-state index is 0.0356. The Morgan fingerprint density at radius 2 is 2.23 bits per heavy atom. The number of thiazole rings is 1. The number of oxime groups is 1. The average molecular weight is 569 g/mol. The van der Waals surface area contributed by atoms with Crippen molar-refractivity contribution in [2.45, 2.75) is 16.4 Å². The van der Waals surface area contributed by atoms with E-state index in [1.54, 1.807) is 16.7 Å². The van der Waals surface area contributed by atoms with E-state index in [1.165, 1.54) is 47.1 Å². The Morgan fingerprint density at radius 3 is 2.94 bits per heavy atom. The van der Waals surface area contributed by atoms with Crippen molar-refractivity contribution in [2.24, 2.45) is 5.16 Å². The molecule has 0 unspecified atom stereocenters. The van der Waals surface area contributed by atoms with Crippen LogP contribution in [0.25, 0.3) is 10.1 Å². The lowest BCUT2D eigenvalue weighted by atomic mass is 10.0. The molecule has 2 aliphatic heterocycles. The fourth-order valence-electron chi connectivity index (χ4n) is 3.61. The maximum absolute atomic E-state index is 13.0. The molecule has 0 radical (unpaired) electrons. The Balaban J connectivity index is 1.32. The number of aliphatic carboxylic acids is 1. The normalized spacial score (nSPS) is 20.1. The van der Waals surface area contributed by atoms with E-state index in [4.69, 9.17) is 10.6 Å². The fourth-order valence-corrected chi connectivity index (χ4v) is 8.61. The molecule has 2 aliphatic rings. The van der Waals surface area contributed by atoms with Gasteiger partial charge in [-0.1, -0.05) is 5.16 Å². The number of rotatable bonds is 8. The van der Waals surface area contributed by atoms with Crippen molar-refractivity contribution in [3.8, 4) is 0 Å². The van der Waals surface area contributed by atoms with Crippen molar-refractivity contribution in [1.29, 1.82) is 0 Å². The van der Waals surface area contributed by atoms with Crippen LogP contribution in [0.3, 0.4) is 0 Å². The summed E-state index contributed by atoms with van der Waals surface area (Å²) < 4.78 is 5.54. The van der Waals surface area contributed by atoms with Gasteiger partial charge in [-0.15, -0.1) is 34.9 Å². The van der Waals surface area contributed by atoms with E-state index in [-0.39, 0.29) is 22.2 Å². The number of carbonyl (C=O) groups excluding carboxylic acids is 2. The van der Waals surface area contributed by atoms with Crippen molar-refractivity contribution < 1.29 is 24.3 Å². The monoisotopic (exact) mass is 568 g/mol. The largest absolute Gasteiger partial charge is 0.477 e. The number of thiophene rings is 1. The van der Waals surface area contributed by atoms with E-state index < -0.39 is 29.2 Å². The van der Waals surface area contributed by atoms with E-state index in [0.717, 1.165) is 26.4 Å². The number of carbonyl (C=O) groups is 3. The number of hydrogen-bond donors (Lipinski definition) is 3. The minimum Gasteiger partial charge on any atom is -0.477 e. The molecule has 16 heteroatoms. The third-order valence-electron chi connectivity index (χ3n) is 5.17. The molecule has 2 amide bonds. The predicted molar refractivity (Wildman–Crippen MR) is 138 cm³/mol. The minimum atomic E-state index is -1.18. The highest BCUT2D eigenvalue weighted by Gasteiger charge is 2.54. The molecule has 3 aromatic heterocycles. The van der Waals surface area contributed by atoms with Crippen LogP contribution >= 0.6 is 57.7 Å². The topological polar surface area (TPSA) is 160 Å². The fraction of sp³-hybridized carbons (Fsp3) is 0.263. The number of β-lactam (4-membered cyclic amide) rings is 1. The zero-order valence-corrected chi connectivity index (χ0v) is 21.9. The van der Waals surface area contributed by atoms with Crippen molar-refractivity contribution in [2.75, 3.05) is 24.3 Å². The summed E-state index contributed by atoms with van der Waals surface area (Å²) in [6.45, 7) is 0. The van der Waals surface area contributed by atoms with E-state index in [0.29, 0.717) is 17.1 Å². The number of anilines is 1. The number of nitrogens with one attached hydrogen (secondary N) is 1. The lowest BCUT2D eigenvalue weighted by Gasteiger charge is -2.49. The predicted octanol–water partition coefficient (Wildman–Crippen LogP) is 2.28. The van der Waals surface area contributed by atoms with Gasteiger partial charge in [-0.25, -0.2) is 9.78 Å². The number of nitrogens with zero attached hydrogens (tertiary/aromatic N) is 4. The molecule has 35 heavy (non-hydrogen) atoms. The van der Waals surface area contributed by atoms with Crippen molar-refractivity contribution in [3.63, 3.8) is 0 Å². The van der Waals surface area contributed by atoms with Crippen molar-refractivity contribution in [3.05, 3.63) is 33.1 Å². The van der Waals surface area contributed by atoms with Gasteiger partial charge >= 0.3 is 5.97 Å². The first kappa shape index (κ1) is 24.1. The molecular weight excluding hydrogens is 553 g/mol. The van der Waals surface area contributed by atoms with Crippen LogP contribution in [-0.4, -0.2) is 72.9 Å². The standard InChI is InChI=1S/C19H16N6O5S5/c1-30-23-11(9-5-34-19(20)21-9)14(26)22-12-16(27)25-13(18(28)29)7(3-33-17(12)25)2-32-15-8-4-31-6-10(8)35-24-15/h4-6,12,17H,2-3H2,1H3,(H2,20,21)(H,22,26)(H,28,29)/t12-,17-/m1/s1. The van der Waals surface area contributed by atoms with Crippen LogP contribution in [0, 0.1) is 0 Å². The number of nitrogens with two attached hydrogens (primary N) is 1. The van der Waals surface area contributed by atoms with Crippen LogP contribution in [0.1, 0.15) is 5.69 Å². The van der Waals surface area contributed by atoms with Crippen LogP contribution in [-0.2, 0) is 19.2 Å². The average Bonchev–Trinajstić information content (AvgIpc) is 3.56. The zero-order chi connectivity index (χ0) is 24.7. The van der Waals surface area contributed by atoms with Gasteiger partial charge in [0.1, 0.15) is 34.9 Å². The van der Waals surface area contributed by atoms with E-state index in [1.807, 2.05) is 10.8 Å². The van der Waals surface area contributed by atoms with Crippen molar-refractivity contribution >= 4 is 96.4 Å². The Bertz CT molecular complexity index is 1390. The molecule has 182 valence electrons. The summed E-state index contributed by atoms with van der Waals surface area (Å²) in [5.41, 5.74) is 6.34. The molecule has 5 rings (SSSR count). The highest BCUT2D eigenvalue weighted by molar-refractivity contribution is 8.01. The number of carboxylic acids is 1. The lowest BCUT2D eigenvalue weighted by Crippen LogP contribution is -2.71. The van der Waals surface area contributed by atoms with E-state index in [9.17, 15) is 19.5 Å². The number of carboxylic acid groups (broad SMARTS) is 1. The number of amides is 2. The van der Waals surface area contributed by atoms with Gasteiger partial charge in [0.15, 0.2) is 10.8 Å². The number of thioether (sulfide) groups is 2. The molecule has 5 heterocycles. The molecule has 2 atom stereocenters. The molecule has 0 aliphatic carbocycles. The second-order valence-corrected chi connectivity index (χ2v) is 11.7. The third kappa shape index (κ3) is 4.40. The Kier molecular flexibility index (Phi) is 6.71.